The fourth-order valence-corrected chi connectivity index (χ4v) is 2.79. The Kier molecular flexibility index (Phi) is 8.96. The van der Waals surface area contributed by atoms with E-state index in [2.05, 4.69) is 10.6 Å². The molecule has 1 saturated heterocycles. The molecule has 11 heteroatoms. The first kappa shape index (κ1) is 21.8. The Labute approximate surface area is 151 Å². The van der Waals surface area contributed by atoms with Gasteiger partial charge in [0.25, 0.3) is 0 Å². The standard InChI is InChI=1S/C15H27N5O6/c16-4-2-1-3-10(19-12(22)6-17)15(26)20-8-9(21)5-11(20)14(25)18-7-13(23)24/h9-11,21H,1-8,16-17H2,(H,18,25)(H,19,22)(H,23,24)/t9-,10+,11+/m1/s1. The molecule has 0 aromatic rings. The maximum absolute atomic E-state index is 12.8. The van der Waals surface area contributed by atoms with E-state index < -0.39 is 48.4 Å². The van der Waals surface area contributed by atoms with Gasteiger partial charge >= 0.3 is 5.97 Å². The Hall–Kier alpha value is -2.24. The number of nitrogens with two attached hydrogens (primary N) is 2. The van der Waals surface area contributed by atoms with Crippen molar-refractivity contribution in [1.29, 1.82) is 0 Å². The number of amides is 3. The molecule has 0 aromatic heterocycles. The highest BCUT2D eigenvalue weighted by atomic mass is 16.4. The molecule has 1 heterocycles. The predicted molar refractivity (Wildman–Crippen MR) is 90.7 cm³/mol. The molecule has 0 aromatic carbocycles. The first-order valence-corrected chi connectivity index (χ1v) is 8.47. The molecule has 0 bridgehead atoms. The van der Waals surface area contributed by atoms with E-state index in [1.165, 1.54) is 4.90 Å². The Bertz CT molecular complexity index is 529. The number of unbranched alkanes of at least 4 members (excludes halogenated alkanes) is 1. The summed E-state index contributed by atoms with van der Waals surface area (Å²) >= 11 is 0. The average molecular weight is 373 g/mol. The molecule has 1 fully saturated rings. The molecule has 1 aliphatic rings. The average Bonchev–Trinajstić information content (AvgIpc) is 2.99. The predicted octanol–water partition coefficient (Wildman–Crippen LogP) is -3.28. The molecule has 0 unspecified atom stereocenters. The van der Waals surface area contributed by atoms with Gasteiger partial charge in [0.15, 0.2) is 0 Å². The van der Waals surface area contributed by atoms with Crippen LogP contribution >= 0.6 is 0 Å². The molecule has 0 radical (unpaired) electrons. The summed E-state index contributed by atoms with van der Waals surface area (Å²) in [6.45, 7) is -0.507. The second kappa shape index (κ2) is 10.7. The summed E-state index contributed by atoms with van der Waals surface area (Å²) in [6.07, 6.45) is 0.654. The van der Waals surface area contributed by atoms with Gasteiger partial charge in [-0.3, -0.25) is 19.2 Å². The Morgan fingerprint density at radius 3 is 2.46 bits per heavy atom. The number of hydrogen-bond donors (Lipinski definition) is 6. The van der Waals surface area contributed by atoms with Crippen LogP contribution in [0.25, 0.3) is 0 Å². The molecule has 0 aliphatic carbocycles. The van der Waals surface area contributed by atoms with Gasteiger partial charge in [0.05, 0.1) is 12.6 Å². The fraction of sp³-hybridized carbons (Fsp3) is 0.733. The van der Waals surface area contributed by atoms with Crippen LogP contribution in [0.5, 0.6) is 0 Å². The lowest BCUT2D eigenvalue weighted by molar-refractivity contribution is -0.142. The summed E-state index contributed by atoms with van der Waals surface area (Å²) in [4.78, 5) is 48.4. The number of carbonyl (C=O) groups is 4. The minimum atomic E-state index is -1.22. The molecule has 8 N–H and O–H groups in total. The summed E-state index contributed by atoms with van der Waals surface area (Å²) in [7, 11) is 0. The van der Waals surface area contributed by atoms with Crippen molar-refractivity contribution in [1.82, 2.24) is 15.5 Å². The van der Waals surface area contributed by atoms with Crippen LogP contribution in [0.2, 0.25) is 0 Å². The van der Waals surface area contributed by atoms with Crippen LogP contribution in [0, 0.1) is 0 Å². The third kappa shape index (κ3) is 6.58. The first-order valence-electron chi connectivity index (χ1n) is 8.47. The lowest BCUT2D eigenvalue weighted by atomic mass is 10.1. The van der Waals surface area contributed by atoms with Crippen molar-refractivity contribution in [3.05, 3.63) is 0 Å². The largest absolute Gasteiger partial charge is 0.480 e. The van der Waals surface area contributed by atoms with E-state index in [-0.39, 0.29) is 19.5 Å². The molecule has 1 aliphatic heterocycles. The van der Waals surface area contributed by atoms with Crippen LogP contribution in [0.4, 0.5) is 0 Å². The minimum Gasteiger partial charge on any atom is -0.480 e. The minimum absolute atomic E-state index is 0.00243. The van der Waals surface area contributed by atoms with Crippen molar-refractivity contribution >= 4 is 23.7 Å². The van der Waals surface area contributed by atoms with Gasteiger partial charge in [-0.05, 0) is 25.8 Å². The van der Waals surface area contributed by atoms with Crippen LogP contribution in [0.1, 0.15) is 25.7 Å². The number of β-amino-alcohol motifs (C(OH)–C–C–N with tert-alkyl or cyclic N) is 1. The summed E-state index contributed by atoms with van der Waals surface area (Å²) in [6, 6.07) is -1.89. The first-order chi connectivity index (χ1) is 12.3. The Morgan fingerprint density at radius 2 is 1.88 bits per heavy atom. The second-order valence-electron chi connectivity index (χ2n) is 6.12. The summed E-state index contributed by atoms with van der Waals surface area (Å²) < 4.78 is 0. The second-order valence-corrected chi connectivity index (χ2v) is 6.12. The van der Waals surface area contributed by atoms with E-state index in [1.807, 2.05) is 0 Å². The lowest BCUT2D eigenvalue weighted by Gasteiger charge is -2.28. The number of nitrogens with zero attached hydrogens (tertiary/aromatic N) is 1. The number of likely N-dealkylation sites (tertiary alicyclic amines) is 1. The van der Waals surface area contributed by atoms with E-state index in [4.69, 9.17) is 16.6 Å². The number of carbonyl (C=O) groups excluding carboxylic acids is 3. The van der Waals surface area contributed by atoms with Crippen molar-refractivity contribution < 1.29 is 29.4 Å². The zero-order chi connectivity index (χ0) is 19.7. The van der Waals surface area contributed by atoms with E-state index in [0.29, 0.717) is 25.8 Å². The number of carboxylic acid groups (broad SMARTS) is 1. The van der Waals surface area contributed by atoms with Gasteiger partial charge in [-0.1, -0.05) is 0 Å². The molecule has 0 spiro atoms. The van der Waals surface area contributed by atoms with Crippen LogP contribution in [0.3, 0.4) is 0 Å². The number of hydrogen-bond acceptors (Lipinski definition) is 7. The highest BCUT2D eigenvalue weighted by Crippen LogP contribution is 2.20. The molecular weight excluding hydrogens is 346 g/mol. The quantitative estimate of drug-likeness (QED) is 0.215. The SMILES string of the molecule is NCCCC[C@H](NC(=O)CN)C(=O)N1C[C@H](O)C[C@H]1C(=O)NCC(=O)O. The molecule has 3 atom stereocenters. The van der Waals surface area contributed by atoms with Crippen LogP contribution in [-0.4, -0.2) is 83.2 Å². The third-order valence-corrected chi connectivity index (χ3v) is 4.04. The van der Waals surface area contributed by atoms with Gasteiger partial charge in [-0.25, -0.2) is 0 Å². The maximum Gasteiger partial charge on any atom is 0.322 e. The van der Waals surface area contributed by atoms with Crippen molar-refractivity contribution in [2.75, 3.05) is 26.2 Å². The van der Waals surface area contributed by atoms with Gasteiger partial charge in [-0.15, -0.1) is 0 Å². The van der Waals surface area contributed by atoms with Gasteiger partial charge in [0, 0.05) is 13.0 Å². The maximum atomic E-state index is 12.8. The zero-order valence-electron chi connectivity index (χ0n) is 14.5. The van der Waals surface area contributed by atoms with E-state index in [9.17, 15) is 24.3 Å². The van der Waals surface area contributed by atoms with Crippen molar-refractivity contribution in [2.45, 2.75) is 43.9 Å². The lowest BCUT2D eigenvalue weighted by Crippen LogP contribution is -2.54. The fourth-order valence-electron chi connectivity index (χ4n) is 2.79. The van der Waals surface area contributed by atoms with Crippen molar-refractivity contribution in [2.24, 2.45) is 11.5 Å². The number of aliphatic hydroxyl groups is 1. The molecule has 0 saturated carbocycles. The van der Waals surface area contributed by atoms with E-state index in [0.717, 1.165) is 0 Å². The number of aliphatic hydroxyl groups excluding tert-OH is 1. The molecular formula is C15H27N5O6. The number of aliphatic carboxylic acids is 1. The highest BCUT2D eigenvalue weighted by Gasteiger charge is 2.41. The van der Waals surface area contributed by atoms with E-state index >= 15 is 0 Å². The Morgan fingerprint density at radius 1 is 1.19 bits per heavy atom. The van der Waals surface area contributed by atoms with Gasteiger partial charge < -0.3 is 37.2 Å². The smallest absolute Gasteiger partial charge is 0.322 e. The molecule has 148 valence electrons. The van der Waals surface area contributed by atoms with Gasteiger partial charge in [0.1, 0.15) is 18.6 Å². The van der Waals surface area contributed by atoms with Crippen LogP contribution < -0.4 is 22.1 Å². The summed E-state index contributed by atoms with van der Waals surface area (Å²) in [5.41, 5.74) is 10.7. The number of nitrogens with one attached hydrogen (secondary N) is 2. The molecule has 26 heavy (non-hydrogen) atoms. The van der Waals surface area contributed by atoms with Gasteiger partial charge in [0.2, 0.25) is 17.7 Å². The highest BCUT2D eigenvalue weighted by molar-refractivity contribution is 5.93. The van der Waals surface area contributed by atoms with Crippen molar-refractivity contribution in [3.63, 3.8) is 0 Å². The summed E-state index contributed by atoms with van der Waals surface area (Å²) in [5.74, 6) is -2.91. The molecule has 3 amide bonds. The third-order valence-electron chi connectivity index (χ3n) is 4.04. The Balaban J connectivity index is 2.85. The molecule has 11 nitrogen and oxygen atoms in total. The topological polar surface area (TPSA) is 188 Å². The van der Waals surface area contributed by atoms with Gasteiger partial charge in [-0.2, -0.15) is 0 Å². The summed E-state index contributed by atoms with van der Waals surface area (Å²) in [5, 5.41) is 23.2. The number of rotatable bonds is 10. The normalized spacial score (nSPS) is 20.5. The van der Waals surface area contributed by atoms with Crippen LogP contribution in [-0.2, 0) is 19.2 Å². The number of carboxylic acids is 1. The zero-order valence-corrected chi connectivity index (χ0v) is 14.5. The van der Waals surface area contributed by atoms with E-state index in [1.54, 1.807) is 0 Å². The van der Waals surface area contributed by atoms with Crippen molar-refractivity contribution in [3.8, 4) is 0 Å². The monoisotopic (exact) mass is 373 g/mol. The molecule has 1 rings (SSSR count). The van der Waals surface area contributed by atoms with Crippen LogP contribution in [0.15, 0.2) is 0 Å².